The van der Waals surface area contributed by atoms with Crippen molar-refractivity contribution in [2.75, 3.05) is 7.05 Å². The molecule has 0 spiro atoms. The van der Waals surface area contributed by atoms with E-state index in [4.69, 9.17) is 28.6 Å². The van der Waals surface area contributed by atoms with E-state index < -0.39 is 4.92 Å². The zero-order valence-corrected chi connectivity index (χ0v) is 16.4. The van der Waals surface area contributed by atoms with Gasteiger partial charge in [-0.3, -0.25) is 19.8 Å². The molecule has 1 saturated heterocycles. The minimum atomic E-state index is -0.450. The average Bonchev–Trinajstić information content (AvgIpc) is 2.88. The van der Waals surface area contributed by atoms with Crippen molar-refractivity contribution < 1.29 is 14.5 Å². The molecule has 9 heteroatoms. The van der Waals surface area contributed by atoms with Gasteiger partial charge in [0.15, 0.2) is 0 Å². The third-order valence-corrected chi connectivity index (χ3v) is 5.54. The van der Waals surface area contributed by atoms with Gasteiger partial charge in [0.05, 0.1) is 15.4 Å². The lowest BCUT2D eigenvalue weighted by molar-refractivity contribution is -0.385. The number of amides is 1. The van der Waals surface area contributed by atoms with Crippen molar-refractivity contribution in [3.8, 4) is 5.75 Å². The normalized spacial score (nSPS) is 15.5. The van der Waals surface area contributed by atoms with Crippen LogP contribution in [0.5, 0.6) is 5.75 Å². The van der Waals surface area contributed by atoms with Gasteiger partial charge in [-0.2, -0.15) is 0 Å². The Labute approximate surface area is 169 Å². The van der Waals surface area contributed by atoms with E-state index in [1.807, 2.05) is 0 Å². The molecule has 1 amide bonds. The van der Waals surface area contributed by atoms with Crippen LogP contribution in [0.15, 0.2) is 47.4 Å². The highest BCUT2D eigenvalue weighted by Gasteiger charge is 2.29. The maximum absolute atomic E-state index is 12.2. The molecule has 0 N–H and O–H groups in total. The van der Waals surface area contributed by atoms with Gasteiger partial charge in [0, 0.05) is 23.7 Å². The summed E-state index contributed by atoms with van der Waals surface area (Å²) in [4.78, 5) is 24.8. The highest BCUT2D eigenvalue weighted by Crippen LogP contribution is 2.34. The molecular formula is C18H13ClN2O4S2. The van der Waals surface area contributed by atoms with Gasteiger partial charge in [-0.05, 0) is 30.3 Å². The second-order valence-electron chi connectivity index (χ2n) is 5.60. The van der Waals surface area contributed by atoms with E-state index in [-0.39, 0.29) is 18.2 Å². The van der Waals surface area contributed by atoms with Crippen LogP contribution in [0.1, 0.15) is 11.1 Å². The fraction of sp³-hybridized carbons (Fsp3) is 0.111. The van der Waals surface area contributed by atoms with Gasteiger partial charge in [0.2, 0.25) is 0 Å². The van der Waals surface area contributed by atoms with Crippen LogP contribution < -0.4 is 4.74 Å². The second kappa shape index (κ2) is 8.08. The molecule has 2 aromatic carbocycles. The Bertz CT molecular complexity index is 978. The molecule has 1 heterocycles. The summed E-state index contributed by atoms with van der Waals surface area (Å²) >= 11 is 12.4. The Hall–Kier alpha value is -2.42. The van der Waals surface area contributed by atoms with E-state index in [9.17, 15) is 14.9 Å². The molecule has 0 atom stereocenters. The first kappa shape index (κ1) is 19.3. The van der Waals surface area contributed by atoms with Crippen LogP contribution in [0, 0.1) is 10.1 Å². The number of hydrogen-bond acceptors (Lipinski definition) is 6. The fourth-order valence-electron chi connectivity index (χ4n) is 2.42. The number of nitro benzene ring substituents is 1. The molecule has 27 heavy (non-hydrogen) atoms. The Morgan fingerprint density at radius 1 is 1.33 bits per heavy atom. The smallest absolute Gasteiger partial charge is 0.276 e. The maximum Gasteiger partial charge on any atom is 0.276 e. The number of carbonyl (C=O) groups excluding carboxylic acids is 1. The summed E-state index contributed by atoms with van der Waals surface area (Å²) in [6.45, 7) is 0.00830. The van der Waals surface area contributed by atoms with Gasteiger partial charge in [-0.25, -0.2) is 0 Å². The van der Waals surface area contributed by atoms with Crippen LogP contribution in [-0.2, 0) is 11.4 Å². The number of thioether (sulfide) groups is 1. The van der Waals surface area contributed by atoms with E-state index in [0.717, 1.165) is 0 Å². The number of para-hydroxylation sites is 1. The molecular weight excluding hydrogens is 408 g/mol. The molecule has 0 aliphatic carbocycles. The van der Waals surface area contributed by atoms with Gasteiger partial charge >= 0.3 is 0 Å². The summed E-state index contributed by atoms with van der Waals surface area (Å²) in [5.74, 6) is 0.258. The summed E-state index contributed by atoms with van der Waals surface area (Å²) in [5.41, 5.74) is 1.03. The van der Waals surface area contributed by atoms with Gasteiger partial charge in [0.1, 0.15) is 16.7 Å². The van der Waals surface area contributed by atoms with E-state index in [1.54, 1.807) is 49.5 Å². The molecule has 0 radical (unpaired) electrons. The number of hydrogen-bond donors (Lipinski definition) is 0. The number of nitro groups is 1. The monoisotopic (exact) mass is 420 g/mol. The van der Waals surface area contributed by atoms with Gasteiger partial charge in [-0.15, -0.1) is 0 Å². The van der Waals surface area contributed by atoms with Crippen molar-refractivity contribution in [3.63, 3.8) is 0 Å². The molecule has 0 unspecified atom stereocenters. The van der Waals surface area contributed by atoms with Gasteiger partial charge in [0.25, 0.3) is 11.6 Å². The SMILES string of the molecule is CN1C(=O)C(=Cc2cc(Cl)ccc2OCc2ccccc2[N+](=O)[O-])SC1=S. The van der Waals surface area contributed by atoms with Crippen LogP contribution in [-0.4, -0.2) is 27.1 Å². The second-order valence-corrected chi connectivity index (χ2v) is 7.71. The van der Waals surface area contributed by atoms with E-state index >= 15 is 0 Å². The number of thiocarbonyl (C=S) groups is 1. The zero-order valence-electron chi connectivity index (χ0n) is 14.0. The van der Waals surface area contributed by atoms with Gasteiger partial charge < -0.3 is 4.74 Å². The Balaban J connectivity index is 1.89. The van der Waals surface area contributed by atoms with E-state index in [0.29, 0.717) is 31.1 Å². The standard InChI is InChI=1S/C18H13ClN2O4S2/c1-20-17(22)16(27-18(20)26)9-12-8-13(19)6-7-15(12)25-10-11-4-2-3-5-14(11)21(23)24/h2-9H,10H2,1H3. The van der Waals surface area contributed by atoms with Gasteiger partial charge in [-0.1, -0.05) is 47.7 Å². The van der Waals surface area contributed by atoms with Crippen molar-refractivity contribution in [2.45, 2.75) is 6.61 Å². The van der Waals surface area contributed by atoms with Crippen LogP contribution >= 0.6 is 35.6 Å². The van der Waals surface area contributed by atoms with E-state index in [1.165, 1.54) is 22.7 Å². The van der Waals surface area contributed by atoms with Crippen molar-refractivity contribution in [1.29, 1.82) is 0 Å². The number of nitrogens with zero attached hydrogens (tertiary/aromatic N) is 2. The largest absolute Gasteiger partial charge is 0.488 e. The predicted octanol–water partition coefficient (Wildman–Crippen LogP) is 4.66. The summed E-state index contributed by atoms with van der Waals surface area (Å²) in [6, 6.07) is 11.3. The van der Waals surface area contributed by atoms with Crippen molar-refractivity contribution in [3.05, 3.63) is 73.6 Å². The molecule has 1 aliphatic heterocycles. The first-order valence-corrected chi connectivity index (χ1v) is 9.33. The third-order valence-electron chi connectivity index (χ3n) is 3.82. The van der Waals surface area contributed by atoms with Crippen molar-refractivity contribution in [1.82, 2.24) is 4.90 Å². The first-order chi connectivity index (χ1) is 12.9. The zero-order chi connectivity index (χ0) is 19.6. The Morgan fingerprint density at radius 3 is 2.74 bits per heavy atom. The lowest BCUT2D eigenvalue weighted by Gasteiger charge is -2.10. The fourth-order valence-corrected chi connectivity index (χ4v) is 3.77. The Kier molecular flexibility index (Phi) is 5.79. The highest BCUT2D eigenvalue weighted by molar-refractivity contribution is 8.26. The first-order valence-electron chi connectivity index (χ1n) is 7.73. The minimum Gasteiger partial charge on any atom is -0.488 e. The van der Waals surface area contributed by atoms with Crippen LogP contribution in [0.25, 0.3) is 6.08 Å². The average molecular weight is 421 g/mol. The molecule has 0 saturated carbocycles. The molecule has 2 aromatic rings. The quantitative estimate of drug-likeness (QED) is 0.303. The molecule has 1 aliphatic rings. The number of ether oxygens (including phenoxy) is 1. The van der Waals surface area contributed by atoms with Crippen molar-refractivity contribution >= 4 is 57.6 Å². The predicted molar refractivity (Wildman–Crippen MR) is 110 cm³/mol. The van der Waals surface area contributed by atoms with Crippen LogP contribution in [0.3, 0.4) is 0 Å². The molecule has 1 fully saturated rings. The lowest BCUT2D eigenvalue weighted by atomic mass is 10.1. The lowest BCUT2D eigenvalue weighted by Crippen LogP contribution is -2.22. The summed E-state index contributed by atoms with van der Waals surface area (Å²) in [6.07, 6.45) is 1.66. The number of likely N-dealkylation sites (N-methyl/N-ethyl adjacent to an activating group) is 1. The van der Waals surface area contributed by atoms with Crippen LogP contribution in [0.2, 0.25) is 5.02 Å². The summed E-state index contributed by atoms with van der Waals surface area (Å²) < 4.78 is 6.26. The molecule has 6 nitrogen and oxygen atoms in total. The number of carbonyl (C=O) groups is 1. The molecule has 3 rings (SSSR count). The van der Waals surface area contributed by atoms with E-state index in [2.05, 4.69) is 0 Å². The van der Waals surface area contributed by atoms with Crippen molar-refractivity contribution in [2.24, 2.45) is 0 Å². The summed E-state index contributed by atoms with van der Waals surface area (Å²) in [5, 5.41) is 11.6. The molecule has 0 aromatic heterocycles. The molecule has 0 bridgehead atoms. The third kappa shape index (κ3) is 4.29. The maximum atomic E-state index is 12.2. The molecule has 138 valence electrons. The summed E-state index contributed by atoms with van der Waals surface area (Å²) in [7, 11) is 1.61. The highest BCUT2D eigenvalue weighted by atomic mass is 35.5. The Morgan fingerprint density at radius 2 is 2.07 bits per heavy atom. The van der Waals surface area contributed by atoms with Crippen LogP contribution in [0.4, 0.5) is 5.69 Å². The topological polar surface area (TPSA) is 72.7 Å². The number of halogens is 1. The number of benzene rings is 2. The number of rotatable bonds is 5. The minimum absolute atomic E-state index is 0.00830.